The average Bonchev–Trinajstić information content (AvgIpc) is 3.25. The predicted octanol–water partition coefficient (Wildman–Crippen LogP) is 6.52. The number of nitrogens with one attached hydrogen (secondary N) is 2. The van der Waals surface area contributed by atoms with Crippen molar-refractivity contribution in [3.8, 4) is 5.75 Å². The molecule has 0 radical (unpaired) electrons. The molecule has 0 aliphatic rings. The van der Waals surface area contributed by atoms with E-state index in [2.05, 4.69) is 5.32 Å². The Hall–Kier alpha value is -3.55. The largest absolute Gasteiger partial charge is 0.481 e. The van der Waals surface area contributed by atoms with Crippen LogP contribution in [0.5, 0.6) is 5.75 Å². The van der Waals surface area contributed by atoms with Gasteiger partial charge in [-0.25, -0.2) is 4.79 Å². The number of ether oxygens (including phenoxy) is 2. The van der Waals surface area contributed by atoms with Crippen molar-refractivity contribution in [2.45, 2.75) is 13.0 Å². The van der Waals surface area contributed by atoms with Gasteiger partial charge >= 0.3 is 6.09 Å². The van der Waals surface area contributed by atoms with Gasteiger partial charge in [-0.15, -0.1) is 11.3 Å². The van der Waals surface area contributed by atoms with E-state index in [1.54, 1.807) is 12.1 Å². The highest BCUT2D eigenvalue weighted by Gasteiger charge is 2.19. The first-order chi connectivity index (χ1) is 15.9. The number of rotatable bonds is 7. The smallest absolute Gasteiger partial charge is 0.411 e. The normalized spacial score (nSPS) is 11.7. The Morgan fingerprint density at radius 1 is 1.12 bits per heavy atom. The third kappa shape index (κ3) is 5.45. The maximum Gasteiger partial charge on any atom is 0.411 e. The topological polar surface area (TPSA) is 97.4 Å². The number of carbonyl (C=O) groups excluding carboxylic acids is 1. The van der Waals surface area contributed by atoms with E-state index in [1.165, 1.54) is 11.3 Å². The number of amidine groups is 1. The number of anilines is 1. The molecule has 0 saturated carbocycles. The maximum atomic E-state index is 12.4. The number of aryl methyl sites for hydroxylation is 1. The van der Waals surface area contributed by atoms with Crippen LogP contribution in [-0.2, 0) is 4.74 Å². The lowest BCUT2D eigenvalue weighted by Gasteiger charge is -2.20. The molecule has 0 bridgehead atoms. The molecule has 0 aliphatic carbocycles. The van der Waals surface area contributed by atoms with Gasteiger partial charge in [0.15, 0.2) is 6.10 Å². The standard InChI is InChI=1S/C25H22ClN3O3S/c1-15-10-11-17(12-19(15)26)29-25(30)31-14-21(16-6-3-2-4-7-16)32-20-8-5-9-22-18(20)13-23(33-22)24(27)28/h2-13,21H,14H2,1H3,(H3,27,28)(H,29,30). The molecule has 1 amide bonds. The van der Waals surface area contributed by atoms with Gasteiger partial charge in [0.2, 0.25) is 0 Å². The van der Waals surface area contributed by atoms with Crippen LogP contribution < -0.4 is 15.8 Å². The van der Waals surface area contributed by atoms with Crippen LogP contribution in [0, 0.1) is 12.3 Å². The third-order valence-corrected chi connectivity index (χ3v) is 6.55. The molecule has 3 aromatic carbocycles. The van der Waals surface area contributed by atoms with Crippen LogP contribution in [0.25, 0.3) is 10.1 Å². The van der Waals surface area contributed by atoms with Crippen molar-refractivity contribution in [3.05, 3.63) is 93.8 Å². The van der Waals surface area contributed by atoms with Crippen molar-refractivity contribution < 1.29 is 14.3 Å². The van der Waals surface area contributed by atoms with Crippen molar-refractivity contribution in [1.82, 2.24) is 0 Å². The minimum atomic E-state index is -0.605. The number of nitrogens with two attached hydrogens (primary N) is 1. The first-order valence-electron chi connectivity index (χ1n) is 10.2. The molecular formula is C25H22ClN3O3S. The molecule has 0 fully saturated rings. The number of nitrogen functional groups attached to an aromatic ring is 1. The fraction of sp³-hybridized carbons (Fsp3) is 0.120. The fourth-order valence-corrected chi connectivity index (χ4v) is 4.39. The summed E-state index contributed by atoms with van der Waals surface area (Å²) in [6.07, 6.45) is -1.14. The molecule has 0 saturated heterocycles. The number of hydrogen-bond donors (Lipinski definition) is 3. The quantitative estimate of drug-likeness (QED) is 0.208. The number of carbonyl (C=O) groups is 1. The van der Waals surface area contributed by atoms with Crippen LogP contribution in [0.4, 0.5) is 10.5 Å². The van der Waals surface area contributed by atoms with Gasteiger partial charge in [0.25, 0.3) is 0 Å². The van der Waals surface area contributed by atoms with E-state index >= 15 is 0 Å². The Morgan fingerprint density at radius 2 is 1.91 bits per heavy atom. The van der Waals surface area contributed by atoms with Crippen molar-refractivity contribution >= 4 is 50.6 Å². The summed E-state index contributed by atoms with van der Waals surface area (Å²) in [7, 11) is 0. The summed E-state index contributed by atoms with van der Waals surface area (Å²) in [6.45, 7) is 1.88. The van der Waals surface area contributed by atoms with Crippen LogP contribution in [0.1, 0.15) is 22.1 Å². The SMILES string of the molecule is Cc1ccc(NC(=O)OCC(Oc2cccc3sc(C(=N)N)cc23)c2ccccc2)cc1Cl. The summed E-state index contributed by atoms with van der Waals surface area (Å²) in [5.74, 6) is 0.636. The monoisotopic (exact) mass is 479 g/mol. The number of benzene rings is 3. The Bertz CT molecular complexity index is 1310. The number of fused-ring (bicyclic) bond motifs is 1. The molecule has 1 unspecified atom stereocenters. The Labute approximate surface area is 200 Å². The molecule has 168 valence electrons. The molecular weight excluding hydrogens is 458 g/mol. The first-order valence-corrected chi connectivity index (χ1v) is 11.4. The van der Waals surface area contributed by atoms with Gasteiger partial charge in [-0.2, -0.15) is 0 Å². The molecule has 4 rings (SSSR count). The molecule has 0 aliphatic heterocycles. The zero-order chi connectivity index (χ0) is 23.4. The number of hydrogen-bond acceptors (Lipinski definition) is 5. The van der Waals surface area contributed by atoms with E-state index in [1.807, 2.05) is 67.6 Å². The lowest BCUT2D eigenvalue weighted by molar-refractivity contribution is 0.0910. The van der Waals surface area contributed by atoms with Gasteiger partial charge in [-0.1, -0.05) is 54.1 Å². The minimum Gasteiger partial charge on any atom is -0.481 e. The first kappa shape index (κ1) is 22.6. The molecule has 0 spiro atoms. The van der Waals surface area contributed by atoms with Gasteiger partial charge < -0.3 is 15.2 Å². The third-order valence-electron chi connectivity index (χ3n) is 5.01. The van der Waals surface area contributed by atoms with Crippen LogP contribution >= 0.6 is 22.9 Å². The molecule has 1 heterocycles. The second kappa shape index (κ2) is 9.94. The van der Waals surface area contributed by atoms with Crippen LogP contribution in [0.3, 0.4) is 0 Å². The highest BCUT2D eigenvalue weighted by molar-refractivity contribution is 7.20. The molecule has 6 nitrogen and oxygen atoms in total. The van der Waals surface area contributed by atoms with E-state index in [0.717, 1.165) is 21.2 Å². The maximum absolute atomic E-state index is 12.4. The highest BCUT2D eigenvalue weighted by atomic mass is 35.5. The van der Waals surface area contributed by atoms with Gasteiger partial charge in [0.05, 0.1) is 4.88 Å². The van der Waals surface area contributed by atoms with E-state index in [4.69, 9.17) is 32.2 Å². The zero-order valence-electron chi connectivity index (χ0n) is 17.8. The summed E-state index contributed by atoms with van der Waals surface area (Å²) in [5, 5.41) is 11.8. The predicted molar refractivity (Wildman–Crippen MR) is 134 cm³/mol. The summed E-state index contributed by atoms with van der Waals surface area (Å²) >= 11 is 7.56. The average molecular weight is 480 g/mol. The number of halogens is 1. The summed E-state index contributed by atoms with van der Waals surface area (Å²) in [4.78, 5) is 13.1. The summed E-state index contributed by atoms with van der Waals surface area (Å²) < 4.78 is 12.8. The molecule has 4 N–H and O–H groups in total. The summed E-state index contributed by atoms with van der Waals surface area (Å²) in [6, 6.07) is 22.3. The molecule has 8 heteroatoms. The Balaban J connectivity index is 1.53. The van der Waals surface area contributed by atoms with Crippen molar-refractivity contribution in [3.63, 3.8) is 0 Å². The van der Waals surface area contributed by atoms with Crippen molar-refractivity contribution in [2.75, 3.05) is 11.9 Å². The summed E-state index contributed by atoms with van der Waals surface area (Å²) in [5.41, 5.74) is 7.99. The van der Waals surface area contributed by atoms with Crippen molar-refractivity contribution in [1.29, 1.82) is 5.41 Å². The number of amides is 1. The molecule has 4 aromatic rings. The van der Waals surface area contributed by atoms with E-state index < -0.39 is 12.2 Å². The van der Waals surface area contributed by atoms with Gasteiger partial charge in [0.1, 0.15) is 18.2 Å². The Kier molecular flexibility index (Phi) is 6.82. The molecule has 1 atom stereocenters. The highest BCUT2D eigenvalue weighted by Crippen LogP contribution is 2.35. The lowest BCUT2D eigenvalue weighted by atomic mass is 10.1. The molecule has 33 heavy (non-hydrogen) atoms. The lowest BCUT2D eigenvalue weighted by Crippen LogP contribution is -2.21. The minimum absolute atomic E-state index is 0.00443. The van der Waals surface area contributed by atoms with E-state index in [-0.39, 0.29) is 12.4 Å². The van der Waals surface area contributed by atoms with Crippen LogP contribution in [0.2, 0.25) is 5.02 Å². The van der Waals surface area contributed by atoms with Crippen molar-refractivity contribution in [2.24, 2.45) is 5.73 Å². The van der Waals surface area contributed by atoms with Crippen LogP contribution in [-0.4, -0.2) is 18.5 Å². The van der Waals surface area contributed by atoms with Gasteiger partial charge in [0, 0.05) is 20.8 Å². The van der Waals surface area contributed by atoms with Gasteiger partial charge in [-0.3, -0.25) is 10.7 Å². The van der Waals surface area contributed by atoms with Crippen LogP contribution in [0.15, 0.2) is 72.8 Å². The second-order valence-electron chi connectivity index (χ2n) is 7.40. The van der Waals surface area contributed by atoms with E-state index in [0.29, 0.717) is 21.3 Å². The Morgan fingerprint density at radius 3 is 2.64 bits per heavy atom. The molecule has 1 aromatic heterocycles. The number of thiophene rings is 1. The fourth-order valence-electron chi connectivity index (χ4n) is 3.26. The van der Waals surface area contributed by atoms with E-state index in [9.17, 15) is 4.79 Å². The second-order valence-corrected chi connectivity index (χ2v) is 8.89. The zero-order valence-corrected chi connectivity index (χ0v) is 19.4. The van der Waals surface area contributed by atoms with Gasteiger partial charge in [-0.05, 0) is 48.4 Å².